The molecule has 20 heteroatoms. The van der Waals surface area contributed by atoms with Crippen molar-refractivity contribution in [2.75, 3.05) is 67.7 Å². The van der Waals surface area contributed by atoms with Crippen LogP contribution in [0.4, 0.5) is 0 Å². The molecule has 68 heavy (non-hydrogen) atoms. The highest BCUT2D eigenvalue weighted by Gasteiger charge is 2.59. The lowest BCUT2D eigenvalue weighted by Crippen LogP contribution is -2.68. The predicted molar refractivity (Wildman–Crippen MR) is 247 cm³/mol. The van der Waals surface area contributed by atoms with Crippen LogP contribution in [-0.2, 0) is 83.6 Å². The van der Waals surface area contributed by atoms with Gasteiger partial charge in [0, 0.05) is 73.3 Å². The van der Waals surface area contributed by atoms with Gasteiger partial charge in [-0.3, -0.25) is 28.9 Å². The first kappa shape index (κ1) is 51.5. The van der Waals surface area contributed by atoms with Crippen LogP contribution in [0.2, 0.25) is 0 Å². The smallest absolute Gasteiger partial charge is 0.480 e. The number of hydrogen-bond acceptors (Lipinski definition) is 16. The summed E-state index contributed by atoms with van der Waals surface area (Å²) in [5.74, 6) is -3.99. The summed E-state index contributed by atoms with van der Waals surface area (Å²) in [5, 5.41) is 5.94. The first-order chi connectivity index (χ1) is 32.7. The molecule has 2 saturated heterocycles. The Bertz CT molecular complexity index is 2200. The van der Waals surface area contributed by atoms with E-state index < -0.39 is 46.8 Å². The SMILES string of the molecule is COC(=O)C1(N(OCc2ccccc2OC)C(C)=O)CC[N+](CCc2cccs2)(OC(=O)C(=O)O[N+]2(CCc3cccs3)CCC(C(=O)OC)(N(OCc3ccccc3OC)C(C)=O)CC2)CC1. The lowest BCUT2D eigenvalue weighted by Gasteiger charge is -2.47. The number of thiophene rings is 2. The first-order valence-electron chi connectivity index (χ1n) is 22.2. The van der Waals surface area contributed by atoms with Gasteiger partial charge in [0.05, 0.1) is 28.4 Å². The number of quaternary nitrogens is 2. The van der Waals surface area contributed by atoms with Crippen LogP contribution >= 0.6 is 22.7 Å². The maximum absolute atomic E-state index is 14.2. The molecule has 4 aromatic rings. The van der Waals surface area contributed by atoms with E-state index in [9.17, 15) is 28.8 Å². The fraction of sp³-hybridized carbons (Fsp3) is 0.458. The number of piperidine rings is 2. The number of hydroxylamine groups is 10. The Morgan fingerprint density at radius 1 is 0.544 bits per heavy atom. The number of hydrogen-bond donors (Lipinski definition) is 0. The van der Waals surface area contributed by atoms with Crippen LogP contribution in [0.1, 0.15) is 60.4 Å². The van der Waals surface area contributed by atoms with Crippen molar-refractivity contribution in [1.82, 2.24) is 10.1 Å². The van der Waals surface area contributed by atoms with Gasteiger partial charge in [-0.2, -0.15) is 0 Å². The zero-order valence-electron chi connectivity index (χ0n) is 39.3. The summed E-state index contributed by atoms with van der Waals surface area (Å²) >= 11 is 3.05. The van der Waals surface area contributed by atoms with Crippen molar-refractivity contribution in [3.05, 3.63) is 104 Å². The quantitative estimate of drug-likeness (QED) is 0.0466. The molecule has 6 rings (SSSR count). The molecule has 0 saturated carbocycles. The lowest BCUT2D eigenvalue weighted by atomic mass is 9.86. The Morgan fingerprint density at radius 2 is 0.912 bits per heavy atom. The van der Waals surface area contributed by atoms with Crippen LogP contribution in [0.25, 0.3) is 0 Å². The van der Waals surface area contributed by atoms with Crippen LogP contribution in [0.3, 0.4) is 0 Å². The second-order valence-corrected chi connectivity index (χ2v) is 18.8. The van der Waals surface area contributed by atoms with E-state index in [1.54, 1.807) is 48.5 Å². The number of ether oxygens (including phenoxy) is 4. The van der Waals surface area contributed by atoms with Crippen molar-refractivity contribution in [3.8, 4) is 11.5 Å². The molecule has 0 atom stereocenters. The molecular formula is C48H60N4O14S2+2. The molecule has 366 valence electrons. The largest absolute Gasteiger partial charge is 0.496 e. The van der Waals surface area contributed by atoms with Crippen LogP contribution in [0, 0.1) is 0 Å². The maximum atomic E-state index is 14.2. The average molecular weight is 981 g/mol. The van der Waals surface area contributed by atoms with Crippen molar-refractivity contribution in [2.45, 2.75) is 76.7 Å². The summed E-state index contributed by atoms with van der Waals surface area (Å²) in [7, 11) is 5.49. The molecule has 0 radical (unpaired) electrons. The molecule has 2 fully saturated rings. The highest BCUT2D eigenvalue weighted by molar-refractivity contribution is 7.10. The first-order valence-corrected chi connectivity index (χ1v) is 24.0. The number of rotatable bonds is 20. The number of benzene rings is 2. The van der Waals surface area contributed by atoms with Crippen LogP contribution in [-0.4, -0.2) is 134 Å². The molecule has 2 aliphatic heterocycles. The Kier molecular flexibility index (Phi) is 17.4. The van der Waals surface area contributed by atoms with E-state index in [-0.39, 0.29) is 87.5 Å². The zero-order chi connectivity index (χ0) is 49.0. The van der Waals surface area contributed by atoms with E-state index in [2.05, 4.69) is 0 Å². The summed E-state index contributed by atoms with van der Waals surface area (Å²) in [6, 6.07) is 22.0. The summed E-state index contributed by atoms with van der Waals surface area (Å²) in [6.07, 6.45) is 0.711. The van der Waals surface area contributed by atoms with Crippen LogP contribution in [0.5, 0.6) is 11.5 Å². The van der Waals surface area contributed by atoms with E-state index >= 15 is 0 Å². The topological polar surface area (TPSA) is 183 Å². The lowest BCUT2D eigenvalue weighted by molar-refractivity contribution is -1.10. The molecule has 2 aliphatic rings. The van der Waals surface area contributed by atoms with Gasteiger partial charge in [-0.15, -0.1) is 32.0 Å². The Hall–Kier alpha value is -5.90. The summed E-state index contributed by atoms with van der Waals surface area (Å²) < 4.78 is 20.8. The number of para-hydroxylation sites is 2. The molecule has 2 amide bonds. The highest BCUT2D eigenvalue weighted by atomic mass is 32.1. The van der Waals surface area contributed by atoms with E-state index in [1.807, 2.05) is 35.0 Å². The van der Waals surface area contributed by atoms with Crippen LogP contribution < -0.4 is 9.47 Å². The van der Waals surface area contributed by atoms with Gasteiger partial charge in [-0.1, -0.05) is 48.5 Å². The van der Waals surface area contributed by atoms with Gasteiger partial charge in [-0.25, -0.2) is 29.3 Å². The van der Waals surface area contributed by atoms with Crippen molar-refractivity contribution in [2.24, 2.45) is 0 Å². The van der Waals surface area contributed by atoms with Gasteiger partial charge in [0.1, 0.15) is 64.0 Å². The molecule has 2 aromatic heterocycles. The van der Waals surface area contributed by atoms with E-state index in [0.717, 1.165) is 19.9 Å². The maximum Gasteiger partial charge on any atom is 0.480 e. The Labute approximate surface area is 403 Å². The van der Waals surface area contributed by atoms with E-state index in [0.29, 0.717) is 35.5 Å². The highest BCUT2D eigenvalue weighted by Crippen LogP contribution is 2.38. The fourth-order valence-electron chi connectivity index (χ4n) is 9.02. The molecule has 18 nitrogen and oxygen atoms in total. The molecule has 0 spiro atoms. The standard InChI is InChI=1S/C48H60N4O14S2/c1-35(53)49(63-33-37-13-7-9-17-41(37)59-3)47(45(57)61-5)21-27-51(28-22-47,25-19-39-15-11-31-67-39)65-43(55)44(56)66-52(26-20-40-16-12-32-68-40)29-23-48(24-30-52,46(58)62-6)50(36(2)54)64-34-38-14-8-10-18-42(38)60-4/h7-18,31-32H,19-30,33-34H2,1-6H3/q+2. The number of carbonyl (C=O) groups excluding carboxylic acids is 6. The molecule has 0 unspecified atom stereocenters. The number of likely N-dealkylation sites (tertiary alicyclic amines) is 2. The van der Waals surface area contributed by atoms with Gasteiger partial charge >= 0.3 is 23.9 Å². The molecule has 0 aliphatic carbocycles. The molecule has 2 aromatic carbocycles. The number of esters is 2. The van der Waals surface area contributed by atoms with Gasteiger partial charge in [-0.05, 0) is 35.0 Å². The third-order valence-electron chi connectivity index (χ3n) is 12.7. The summed E-state index contributed by atoms with van der Waals surface area (Å²) in [5.41, 5.74) is -1.94. The van der Waals surface area contributed by atoms with Crippen molar-refractivity contribution in [1.29, 1.82) is 0 Å². The third-order valence-corrected chi connectivity index (χ3v) is 14.6. The average Bonchev–Trinajstić information content (AvgIpc) is 4.09. The van der Waals surface area contributed by atoms with Gasteiger partial charge in [0.2, 0.25) is 11.8 Å². The van der Waals surface area contributed by atoms with E-state index in [4.69, 9.17) is 38.3 Å². The molecule has 0 bridgehead atoms. The molecule has 4 heterocycles. The Balaban J connectivity index is 1.24. The fourth-order valence-corrected chi connectivity index (χ4v) is 10.4. The number of nitrogens with zero attached hydrogens (tertiary/aromatic N) is 4. The van der Waals surface area contributed by atoms with Crippen molar-refractivity contribution < 1.29 is 76.4 Å². The monoisotopic (exact) mass is 980 g/mol. The number of carbonyl (C=O) groups is 6. The number of amides is 2. The normalized spacial score (nSPS) is 22.3. The number of methoxy groups -OCH3 is 4. The van der Waals surface area contributed by atoms with E-state index in [1.165, 1.54) is 65.0 Å². The second-order valence-electron chi connectivity index (χ2n) is 16.7. The van der Waals surface area contributed by atoms with Crippen molar-refractivity contribution in [3.63, 3.8) is 0 Å². The third kappa shape index (κ3) is 11.7. The van der Waals surface area contributed by atoms with Crippen molar-refractivity contribution >= 4 is 58.4 Å². The van der Waals surface area contributed by atoms with Gasteiger partial charge < -0.3 is 18.9 Å². The second kappa shape index (κ2) is 22.9. The predicted octanol–water partition coefficient (Wildman–Crippen LogP) is 5.53. The zero-order valence-corrected chi connectivity index (χ0v) is 40.9. The minimum absolute atomic E-state index is 0.00292. The summed E-state index contributed by atoms with van der Waals surface area (Å²) in [6.45, 7) is 2.83. The summed E-state index contributed by atoms with van der Waals surface area (Å²) in [4.78, 5) is 109. The minimum Gasteiger partial charge on any atom is -0.496 e. The molecular weight excluding hydrogens is 921 g/mol. The minimum atomic E-state index is -1.61. The van der Waals surface area contributed by atoms with Gasteiger partial charge in [0.25, 0.3) is 0 Å². The van der Waals surface area contributed by atoms with Gasteiger partial charge in [0.15, 0.2) is 11.1 Å². The van der Waals surface area contributed by atoms with Crippen LogP contribution in [0.15, 0.2) is 83.6 Å². The Morgan fingerprint density at radius 3 is 1.22 bits per heavy atom. The molecule has 0 N–H and O–H groups in total.